The molecule has 0 heterocycles. The van der Waals surface area contributed by atoms with Crippen LogP contribution in [0.5, 0.6) is 17.2 Å². The van der Waals surface area contributed by atoms with Gasteiger partial charge in [0, 0.05) is 16.6 Å². The van der Waals surface area contributed by atoms with Gasteiger partial charge in [-0.1, -0.05) is 22.0 Å². The molecular weight excluding hydrogens is 626 g/mol. The Labute approximate surface area is 222 Å². The molecule has 3 rings (SSSR count). The van der Waals surface area contributed by atoms with Crippen molar-refractivity contribution < 1.29 is 31.8 Å². The molecular formula is C22H17Br2N3O8S. The van der Waals surface area contributed by atoms with Crippen molar-refractivity contribution in [2.24, 2.45) is 5.10 Å². The maximum atomic E-state index is 12.7. The van der Waals surface area contributed by atoms with E-state index in [2.05, 4.69) is 42.4 Å². The number of carbonyl (C=O) groups is 1. The fourth-order valence-corrected chi connectivity index (χ4v) is 4.90. The van der Waals surface area contributed by atoms with E-state index >= 15 is 0 Å². The van der Waals surface area contributed by atoms with Crippen molar-refractivity contribution >= 4 is 59.8 Å². The molecule has 3 aromatic rings. The fourth-order valence-electron chi connectivity index (χ4n) is 2.89. The molecule has 36 heavy (non-hydrogen) atoms. The Morgan fingerprint density at radius 2 is 1.78 bits per heavy atom. The Kier molecular flexibility index (Phi) is 8.66. The fraction of sp³-hybridized carbons (Fsp3) is 0.0909. The molecule has 11 nitrogen and oxygen atoms in total. The van der Waals surface area contributed by atoms with Gasteiger partial charge in [-0.25, -0.2) is 5.43 Å². The minimum Gasteiger partial charge on any atom is -0.496 e. The first kappa shape index (κ1) is 27.1. The summed E-state index contributed by atoms with van der Waals surface area (Å²) in [6.45, 7) is 0. The molecule has 1 amide bonds. The second kappa shape index (κ2) is 11.5. The first-order chi connectivity index (χ1) is 17.1. The van der Waals surface area contributed by atoms with Crippen molar-refractivity contribution in [2.75, 3.05) is 14.2 Å². The molecule has 0 aliphatic rings. The smallest absolute Gasteiger partial charge is 0.339 e. The third kappa shape index (κ3) is 6.38. The maximum Gasteiger partial charge on any atom is 0.339 e. The highest BCUT2D eigenvalue weighted by Crippen LogP contribution is 2.38. The summed E-state index contributed by atoms with van der Waals surface area (Å²) in [5.41, 5.74) is 2.68. The lowest BCUT2D eigenvalue weighted by molar-refractivity contribution is -0.385. The number of halogens is 2. The van der Waals surface area contributed by atoms with Crippen LogP contribution < -0.4 is 19.1 Å². The third-order valence-corrected chi connectivity index (χ3v) is 6.85. The SMILES string of the molecule is COc1ccc(Br)cc1C(=O)N/N=C\c1cc(Br)c(OS(=O)(=O)c2cccc([N+](=O)[O-])c2)c(OC)c1. The zero-order valence-electron chi connectivity index (χ0n) is 18.6. The average Bonchev–Trinajstić information content (AvgIpc) is 2.85. The number of hydrogen-bond acceptors (Lipinski definition) is 9. The Balaban J connectivity index is 1.83. The van der Waals surface area contributed by atoms with Crippen LogP contribution in [-0.4, -0.2) is 39.7 Å². The second-order valence-corrected chi connectivity index (χ2v) is 10.2. The molecule has 0 atom stereocenters. The highest BCUT2D eigenvalue weighted by Gasteiger charge is 2.24. The second-order valence-electron chi connectivity index (χ2n) is 6.87. The molecule has 3 aromatic carbocycles. The zero-order valence-corrected chi connectivity index (χ0v) is 22.6. The molecule has 0 unspecified atom stereocenters. The number of non-ortho nitro benzene ring substituents is 1. The number of amides is 1. The van der Waals surface area contributed by atoms with Gasteiger partial charge in [-0.3, -0.25) is 14.9 Å². The van der Waals surface area contributed by atoms with E-state index < -0.39 is 31.5 Å². The van der Waals surface area contributed by atoms with Crippen LogP contribution in [0.1, 0.15) is 15.9 Å². The summed E-state index contributed by atoms with van der Waals surface area (Å²) in [4.78, 5) is 22.3. The van der Waals surface area contributed by atoms with Crippen molar-refractivity contribution in [2.45, 2.75) is 4.90 Å². The van der Waals surface area contributed by atoms with Crippen LogP contribution in [0.15, 0.2) is 73.5 Å². The number of carbonyl (C=O) groups excluding carboxylic acids is 1. The van der Waals surface area contributed by atoms with Gasteiger partial charge in [-0.2, -0.15) is 13.5 Å². The van der Waals surface area contributed by atoms with Crippen LogP contribution in [-0.2, 0) is 10.1 Å². The lowest BCUT2D eigenvalue weighted by Crippen LogP contribution is -2.18. The van der Waals surface area contributed by atoms with Gasteiger partial charge in [0.15, 0.2) is 11.5 Å². The molecule has 0 saturated heterocycles. The number of nitrogens with zero attached hydrogens (tertiary/aromatic N) is 2. The highest BCUT2D eigenvalue weighted by atomic mass is 79.9. The standard InChI is InChI=1S/C22H17Br2N3O8S/c1-33-19-7-6-14(23)10-17(19)22(28)26-25-12-13-8-18(24)21(20(9-13)34-2)35-36(31,32)16-5-3-4-15(11-16)27(29)30/h3-12H,1-2H3,(H,26,28)/b25-12-. The van der Waals surface area contributed by atoms with Crippen LogP contribution in [0.2, 0.25) is 0 Å². The Bertz CT molecular complexity index is 1460. The summed E-state index contributed by atoms with van der Waals surface area (Å²) in [5.74, 6) is -0.302. The largest absolute Gasteiger partial charge is 0.496 e. The minimum atomic E-state index is -4.43. The van der Waals surface area contributed by atoms with Gasteiger partial charge in [0.05, 0.1) is 35.4 Å². The van der Waals surface area contributed by atoms with Gasteiger partial charge in [0.1, 0.15) is 10.6 Å². The van der Waals surface area contributed by atoms with Gasteiger partial charge in [-0.05, 0) is 57.9 Å². The van der Waals surface area contributed by atoms with Gasteiger partial charge in [0.2, 0.25) is 0 Å². The predicted molar refractivity (Wildman–Crippen MR) is 137 cm³/mol. The first-order valence-corrected chi connectivity index (χ1v) is 12.8. The van der Waals surface area contributed by atoms with E-state index in [-0.39, 0.29) is 21.5 Å². The number of hydrazone groups is 1. The molecule has 0 saturated carbocycles. The topological polar surface area (TPSA) is 146 Å². The van der Waals surface area contributed by atoms with Gasteiger partial charge < -0.3 is 13.7 Å². The molecule has 0 aromatic heterocycles. The Morgan fingerprint density at radius 3 is 2.44 bits per heavy atom. The number of methoxy groups -OCH3 is 2. The molecule has 14 heteroatoms. The number of nitro benzene ring substituents is 1. The number of ether oxygens (including phenoxy) is 2. The summed E-state index contributed by atoms with van der Waals surface area (Å²) in [6, 6.07) is 12.3. The van der Waals surface area contributed by atoms with Crippen LogP contribution in [0.4, 0.5) is 5.69 Å². The maximum absolute atomic E-state index is 12.7. The highest BCUT2D eigenvalue weighted by molar-refractivity contribution is 9.10. The van der Waals surface area contributed by atoms with E-state index in [1.54, 1.807) is 18.2 Å². The number of rotatable bonds is 9. The molecule has 188 valence electrons. The molecule has 0 aliphatic carbocycles. The number of benzene rings is 3. The summed E-state index contributed by atoms with van der Waals surface area (Å²) in [7, 11) is -1.68. The van der Waals surface area contributed by atoms with E-state index in [9.17, 15) is 23.3 Å². The summed E-state index contributed by atoms with van der Waals surface area (Å²) < 4.78 is 42.0. The third-order valence-electron chi connectivity index (χ3n) is 4.55. The van der Waals surface area contributed by atoms with Crippen LogP contribution >= 0.6 is 31.9 Å². The monoisotopic (exact) mass is 641 g/mol. The van der Waals surface area contributed by atoms with Crippen molar-refractivity contribution in [1.29, 1.82) is 0 Å². The van der Waals surface area contributed by atoms with Crippen molar-refractivity contribution in [3.05, 3.63) is 84.8 Å². The van der Waals surface area contributed by atoms with Crippen molar-refractivity contribution in [3.63, 3.8) is 0 Å². The van der Waals surface area contributed by atoms with Gasteiger partial charge in [0.25, 0.3) is 11.6 Å². The van der Waals surface area contributed by atoms with Crippen molar-refractivity contribution in [1.82, 2.24) is 5.43 Å². The normalized spacial score (nSPS) is 11.2. The van der Waals surface area contributed by atoms with E-state index in [4.69, 9.17) is 13.7 Å². The summed E-state index contributed by atoms with van der Waals surface area (Å²) >= 11 is 6.53. The van der Waals surface area contributed by atoms with Crippen LogP contribution in [0.3, 0.4) is 0 Å². The minimum absolute atomic E-state index is 0.0276. The zero-order chi connectivity index (χ0) is 26.5. The average molecular weight is 643 g/mol. The van der Waals surface area contributed by atoms with E-state index in [1.165, 1.54) is 44.7 Å². The molecule has 0 spiro atoms. The van der Waals surface area contributed by atoms with E-state index in [0.717, 1.165) is 12.1 Å². The number of nitro groups is 1. The quantitative estimate of drug-likeness (QED) is 0.153. The van der Waals surface area contributed by atoms with Gasteiger partial charge in [-0.15, -0.1) is 0 Å². The lowest BCUT2D eigenvalue weighted by Gasteiger charge is -2.13. The molecule has 0 radical (unpaired) electrons. The number of nitrogens with one attached hydrogen (secondary N) is 1. The first-order valence-electron chi connectivity index (χ1n) is 9.79. The number of hydrogen-bond donors (Lipinski definition) is 1. The van der Waals surface area contributed by atoms with Crippen LogP contribution in [0, 0.1) is 10.1 Å². The van der Waals surface area contributed by atoms with Crippen LogP contribution in [0.25, 0.3) is 0 Å². The van der Waals surface area contributed by atoms with Gasteiger partial charge >= 0.3 is 10.1 Å². The lowest BCUT2D eigenvalue weighted by atomic mass is 10.2. The van der Waals surface area contributed by atoms with E-state index in [1.807, 2.05) is 0 Å². The predicted octanol–water partition coefficient (Wildman–Crippen LogP) is 4.67. The Hall–Kier alpha value is -3.49. The van der Waals surface area contributed by atoms with E-state index in [0.29, 0.717) is 15.8 Å². The molecule has 0 fully saturated rings. The summed E-state index contributed by atoms with van der Waals surface area (Å²) in [6.07, 6.45) is 1.31. The molecule has 0 aliphatic heterocycles. The molecule has 1 N–H and O–H groups in total. The summed E-state index contributed by atoms with van der Waals surface area (Å²) in [5, 5.41) is 14.9. The van der Waals surface area contributed by atoms with Crippen molar-refractivity contribution in [3.8, 4) is 17.2 Å². The Morgan fingerprint density at radius 1 is 1.06 bits per heavy atom. The molecule has 0 bridgehead atoms.